The molecule has 2 rings (SSSR count). The van der Waals surface area contributed by atoms with E-state index in [1.807, 2.05) is 6.07 Å². The average Bonchev–Trinajstić information content (AvgIpc) is 2.46. The van der Waals surface area contributed by atoms with Crippen LogP contribution in [0.2, 0.25) is 0 Å². The Kier molecular flexibility index (Phi) is 5.35. The summed E-state index contributed by atoms with van der Waals surface area (Å²) in [6.07, 6.45) is 3.83. The van der Waals surface area contributed by atoms with Crippen LogP contribution in [0.25, 0.3) is 0 Å². The van der Waals surface area contributed by atoms with E-state index >= 15 is 0 Å². The molecule has 1 aromatic heterocycles. The van der Waals surface area contributed by atoms with Crippen molar-refractivity contribution in [2.75, 3.05) is 23.7 Å². The number of nitrogens with one attached hydrogen (secondary N) is 2. The predicted octanol–water partition coefficient (Wildman–Crippen LogP) is 3.26. The van der Waals surface area contributed by atoms with Crippen LogP contribution in [0, 0.1) is 6.92 Å². The van der Waals surface area contributed by atoms with E-state index in [4.69, 9.17) is 0 Å². The number of hydrogen-bond donors (Lipinski definition) is 2. The molecule has 1 aromatic carbocycles. The molecule has 2 N–H and O–H groups in total. The molecule has 0 spiro atoms. The van der Waals surface area contributed by atoms with Gasteiger partial charge in [0.15, 0.2) is 0 Å². The van der Waals surface area contributed by atoms with Crippen LogP contribution in [-0.2, 0) is 6.42 Å². The number of nitrogens with zero attached hydrogens (tertiary/aromatic N) is 2. The van der Waals surface area contributed by atoms with E-state index in [-0.39, 0.29) is 0 Å². The Labute approximate surface area is 120 Å². The lowest BCUT2D eigenvalue weighted by atomic mass is 10.1. The summed E-state index contributed by atoms with van der Waals surface area (Å²) in [6, 6.07) is 10.5. The van der Waals surface area contributed by atoms with Gasteiger partial charge in [0.05, 0.1) is 0 Å². The van der Waals surface area contributed by atoms with E-state index in [0.29, 0.717) is 5.95 Å². The molecule has 0 saturated carbocycles. The second-order valence-corrected chi connectivity index (χ2v) is 4.86. The van der Waals surface area contributed by atoms with Crippen LogP contribution in [0.3, 0.4) is 0 Å². The monoisotopic (exact) mass is 270 g/mol. The van der Waals surface area contributed by atoms with Gasteiger partial charge in [0, 0.05) is 19.3 Å². The largest absolute Gasteiger partial charge is 0.370 e. The van der Waals surface area contributed by atoms with Gasteiger partial charge in [-0.1, -0.05) is 36.8 Å². The standard InChI is InChI=1S/C16H22N4/c1-3-9-18-16-19-11-8-15(20-16)17-10-7-14-6-4-5-13(2)12-14/h4-6,8,11-12H,3,7,9-10H2,1-2H3,(H2,17,18,19,20). The van der Waals surface area contributed by atoms with Crippen molar-refractivity contribution in [2.45, 2.75) is 26.7 Å². The fraction of sp³-hybridized carbons (Fsp3) is 0.375. The lowest BCUT2D eigenvalue weighted by Crippen LogP contribution is -2.09. The van der Waals surface area contributed by atoms with Gasteiger partial charge < -0.3 is 10.6 Å². The van der Waals surface area contributed by atoms with Crippen LogP contribution in [0.15, 0.2) is 36.5 Å². The van der Waals surface area contributed by atoms with E-state index in [1.54, 1.807) is 6.20 Å². The first-order chi connectivity index (χ1) is 9.78. The van der Waals surface area contributed by atoms with E-state index in [2.05, 4.69) is 58.7 Å². The summed E-state index contributed by atoms with van der Waals surface area (Å²) < 4.78 is 0. The molecule has 0 aliphatic heterocycles. The smallest absolute Gasteiger partial charge is 0.224 e. The summed E-state index contributed by atoms with van der Waals surface area (Å²) in [4.78, 5) is 8.62. The third-order valence-electron chi connectivity index (χ3n) is 2.99. The minimum atomic E-state index is 0.687. The van der Waals surface area contributed by atoms with Gasteiger partial charge in [0.25, 0.3) is 0 Å². The number of rotatable bonds is 7. The molecule has 4 nitrogen and oxygen atoms in total. The zero-order chi connectivity index (χ0) is 14.2. The molecule has 1 heterocycles. The maximum atomic E-state index is 4.43. The van der Waals surface area contributed by atoms with Gasteiger partial charge in [0.2, 0.25) is 5.95 Å². The highest BCUT2D eigenvalue weighted by atomic mass is 15.1. The van der Waals surface area contributed by atoms with E-state index in [1.165, 1.54) is 11.1 Å². The Balaban J connectivity index is 1.84. The fourth-order valence-electron chi connectivity index (χ4n) is 1.98. The molecule has 106 valence electrons. The normalized spacial score (nSPS) is 10.3. The number of anilines is 2. The van der Waals surface area contributed by atoms with Gasteiger partial charge in [-0.3, -0.25) is 0 Å². The first kappa shape index (κ1) is 14.3. The summed E-state index contributed by atoms with van der Waals surface area (Å²) in [7, 11) is 0. The van der Waals surface area contributed by atoms with Crippen molar-refractivity contribution in [3.8, 4) is 0 Å². The summed E-state index contributed by atoms with van der Waals surface area (Å²) in [5, 5.41) is 6.53. The second kappa shape index (κ2) is 7.48. The van der Waals surface area contributed by atoms with E-state index < -0.39 is 0 Å². The molecule has 0 atom stereocenters. The Morgan fingerprint density at radius 3 is 2.80 bits per heavy atom. The number of aromatic nitrogens is 2. The minimum absolute atomic E-state index is 0.687. The topological polar surface area (TPSA) is 49.8 Å². The highest BCUT2D eigenvalue weighted by molar-refractivity contribution is 5.39. The van der Waals surface area contributed by atoms with Gasteiger partial charge in [0.1, 0.15) is 5.82 Å². The molecule has 0 aliphatic rings. The number of aryl methyl sites for hydroxylation is 1. The van der Waals surface area contributed by atoms with Crippen molar-refractivity contribution in [1.29, 1.82) is 0 Å². The molecule has 0 fully saturated rings. The van der Waals surface area contributed by atoms with Crippen LogP contribution in [0.4, 0.5) is 11.8 Å². The summed E-state index contributed by atoms with van der Waals surface area (Å²) in [5.41, 5.74) is 2.64. The van der Waals surface area contributed by atoms with Crippen molar-refractivity contribution < 1.29 is 0 Å². The molecule has 0 bridgehead atoms. The minimum Gasteiger partial charge on any atom is -0.370 e. The summed E-state index contributed by atoms with van der Waals surface area (Å²) >= 11 is 0. The molecule has 0 unspecified atom stereocenters. The lowest BCUT2D eigenvalue weighted by Gasteiger charge is -2.08. The van der Waals surface area contributed by atoms with Crippen molar-refractivity contribution in [3.05, 3.63) is 47.7 Å². The molecule has 2 aromatic rings. The van der Waals surface area contributed by atoms with Crippen LogP contribution < -0.4 is 10.6 Å². The Morgan fingerprint density at radius 2 is 2.00 bits per heavy atom. The molecule has 0 aliphatic carbocycles. The van der Waals surface area contributed by atoms with E-state index in [0.717, 1.165) is 31.7 Å². The van der Waals surface area contributed by atoms with Gasteiger partial charge in [-0.15, -0.1) is 0 Å². The zero-order valence-electron chi connectivity index (χ0n) is 12.2. The third-order valence-corrected chi connectivity index (χ3v) is 2.99. The number of benzene rings is 1. The lowest BCUT2D eigenvalue weighted by molar-refractivity contribution is 0.946. The average molecular weight is 270 g/mol. The maximum Gasteiger partial charge on any atom is 0.224 e. The van der Waals surface area contributed by atoms with Gasteiger partial charge in [-0.05, 0) is 31.4 Å². The molecule has 20 heavy (non-hydrogen) atoms. The quantitative estimate of drug-likeness (QED) is 0.811. The maximum absolute atomic E-state index is 4.43. The van der Waals surface area contributed by atoms with Crippen LogP contribution in [0.1, 0.15) is 24.5 Å². The summed E-state index contributed by atoms with van der Waals surface area (Å²) in [5.74, 6) is 1.55. The Morgan fingerprint density at radius 1 is 1.10 bits per heavy atom. The molecule has 0 saturated heterocycles. The Bertz CT molecular complexity index is 540. The SMILES string of the molecule is CCCNc1nccc(NCCc2cccc(C)c2)n1. The summed E-state index contributed by atoms with van der Waals surface area (Å²) in [6.45, 7) is 6.00. The van der Waals surface area contributed by atoms with Gasteiger partial charge >= 0.3 is 0 Å². The fourth-order valence-corrected chi connectivity index (χ4v) is 1.98. The predicted molar refractivity (Wildman–Crippen MR) is 84.2 cm³/mol. The highest BCUT2D eigenvalue weighted by Crippen LogP contribution is 2.08. The zero-order valence-corrected chi connectivity index (χ0v) is 12.2. The van der Waals surface area contributed by atoms with Gasteiger partial charge in [-0.2, -0.15) is 4.98 Å². The first-order valence-electron chi connectivity index (χ1n) is 7.14. The molecule has 0 amide bonds. The van der Waals surface area contributed by atoms with Crippen LogP contribution in [-0.4, -0.2) is 23.1 Å². The van der Waals surface area contributed by atoms with Crippen molar-refractivity contribution >= 4 is 11.8 Å². The van der Waals surface area contributed by atoms with Crippen molar-refractivity contribution in [3.63, 3.8) is 0 Å². The molecular formula is C16H22N4. The molecular weight excluding hydrogens is 248 g/mol. The molecule has 4 heteroatoms. The van der Waals surface area contributed by atoms with Crippen molar-refractivity contribution in [2.24, 2.45) is 0 Å². The van der Waals surface area contributed by atoms with Crippen molar-refractivity contribution in [1.82, 2.24) is 9.97 Å². The van der Waals surface area contributed by atoms with Crippen LogP contribution >= 0.6 is 0 Å². The highest BCUT2D eigenvalue weighted by Gasteiger charge is 1.98. The van der Waals surface area contributed by atoms with E-state index in [9.17, 15) is 0 Å². The molecule has 0 radical (unpaired) electrons. The van der Waals surface area contributed by atoms with Gasteiger partial charge in [-0.25, -0.2) is 4.98 Å². The number of hydrogen-bond acceptors (Lipinski definition) is 4. The second-order valence-electron chi connectivity index (χ2n) is 4.86. The Hall–Kier alpha value is -2.10. The third kappa shape index (κ3) is 4.53. The van der Waals surface area contributed by atoms with Crippen LogP contribution in [0.5, 0.6) is 0 Å². The first-order valence-corrected chi connectivity index (χ1v) is 7.14.